The summed E-state index contributed by atoms with van der Waals surface area (Å²) in [5.41, 5.74) is 0.626. The number of carbonyl (C=O) groups excluding carboxylic acids is 1. The molecular weight excluding hydrogens is 457 g/mol. The van der Waals surface area contributed by atoms with E-state index < -0.39 is 28.2 Å². The molecule has 0 bridgehead atoms. The number of ketones is 1. The number of rotatable bonds is 8. The lowest BCUT2D eigenvalue weighted by Gasteiger charge is -2.09. The highest BCUT2D eigenvalue weighted by Crippen LogP contribution is 2.31. The van der Waals surface area contributed by atoms with Crippen LogP contribution in [-0.2, 0) is 5.75 Å². The van der Waals surface area contributed by atoms with Crippen LogP contribution in [0.3, 0.4) is 0 Å². The Morgan fingerprint density at radius 3 is 2.34 bits per heavy atom. The molecule has 0 radical (unpaired) electrons. The van der Waals surface area contributed by atoms with Gasteiger partial charge in [-0.3, -0.25) is 14.9 Å². The maximum Gasteiger partial charge on any atom is 0.335 e. The molecule has 0 unspecified atom stereocenters. The third kappa shape index (κ3) is 5.60. The predicted molar refractivity (Wildman–Crippen MR) is 122 cm³/mol. The Balaban J connectivity index is 1.98. The molecule has 0 saturated heterocycles. The first kappa shape index (κ1) is 23.2. The molecule has 9 heteroatoms. The molecule has 0 saturated carbocycles. The highest BCUT2D eigenvalue weighted by atomic mass is 35.5. The molecule has 32 heavy (non-hydrogen) atoms. The van der Waals surface area contributed by atoms with Gasteiger partial charge in [0.25, 0.3) is 0 Å². The van der Waals surface area contributed by atoms with Crippen LogP contribution in [0.15, 0.2) is 71.6 Å². The summed E-state index contributed by atoms with van der Waals surface area (Å²) in [5, 5.41) is 20.6. The number of nitro benzene ring substituents is 1. The number of hydrogen-bond donors (Lipinski definition) is 1. The van der Waals surface area contributed by atoms with Gasteiger partial charge in [0.15, 0.2) is 5.78 Å². The predicted octanol–water partition coefficient (Wildman–Crippen LogP) is 6.24. The van der Waals surface area contributed by atoms with E-state index >= 15 is 0 Å². The van der Waals surface area contributed by atoms with Crippen molar-refractivity contribution in [2.24, 2.45) is 0 Å². The SMILES string of the molecule is O=C(O)c1ccc(C(=O)/C(=C\c2ccc(F)c([N+](=O)[O-])c2)SCc2ccccc2Cl)cc1. The van der Waals surface area contributed by atoms with E-state index in [-0.39, 0.29) is 21.6 Å². The van der Waals surface area contributed by atoms with Gasteiger partial charge in [-0.05, 0) is 41.5 Å². The molecule has 0 aliphatic carbocycles. The molecule has 0 fully saturated rings. The minimum atomic E-state index is -1.12. The quantitative estimate of drug-likeness (QED) is 0.181. The van der Waals surface area contributed by atoms with Gasteiger partial charge in [-0.25, -0.2) is 4.79 Å². The van der Waals surface area contributed by atoms with E-state index in [0.29, 0.717) is 10.8 Å². The Bertz CT molecular complexity index is 1230. The standard InChI is InChI=1S/C23H15ClFNO5S/c24-18-4-2-1-3-17(18)13-32-21(12-14-5-10-19(25)20(11-14)26(30)31)22(27)15-6-8-16(9-7-15)23(28)29/h1-12H,13H2,(H,28,29)/b21-12+. The van der Waals surface area contributed by atoms with Crippen molar-refractivity contribution in [2.45, 2.75) is 5.75 Å². The molecule has 3 aromatic rings. The molecule has 162 valence electrons. The normalized spacial score (nSPS) is 11.2. The van der Waals surface area contributed by atoms with Crippen molar-refractivity contribution < 1.29 is 24.0 Å². The fourth-order valence-electron chi connectivity index (χ4n) is 2.76. The number of benzene rings is 3. The van der Waals surface area contributed by atoms with Gasteiger partial charge < -0.3 is 5.11 Å². The van der Waals surface area contributed by atoms with Crippen molar-refractivity contribution in [3.63, 3.8) is 0 Å². The fourth-order valence-corrected chi connectivity index (χ4v) is 4.07. The molecular formula is C23H15ClFNO5S. The fraction of sp³-hybridized carbons (Fsp3) is 0.0435. The summed E-state index contributed by atoms with van der Waals surface area (Å²) < 4.78 is 13.7. The molecule has 3 rings (SSSR count). The van der Waals surface area contributed by atoms with Crippen molar-refractivity contribution >= 4 is 46.9 Å². The third-order valence-electron chi connectivity index (χ3n) is 4.42. The number of hydrogen-bond acceptors (Lipinski definition) is 5. The number of nitro groups is 1. The van der Waals surface area contributed by atoms with Gasteiger partial charge in [0.1, 0.15) is 0 Å². The second-order valence-electron chi connectivity index (χ2n) is 6.57. The van der Waals surface area contributed by atoms with Gasteiger partial charge in [-0.1, -0.05) is 48.0 Å². The van der Waals surface area contributed by atoms with Crippen LogP contribution in [-0.4, -0.2) is 21.8 Å². The average molecular weight is 472 g/mol. The van der Waals surface area contributed by atoms with Gasteiger partial charge in [0.05, 0.1) is 15.4 Å². The van der Waals surface area contributed by atoms with Crippen LogP contribution in [0.5, 0.6) is 0 Å². The lowest BCUT2D eigenvalue weighted by Crippen LogP contribution is -2.03. The summed E-state index contributed by atoms with van der Waals surface area (Å²) in [6.45, 7) is 0. The van der Waals surface area contributed by atoms with Crippen molar-refractivity contribution in [1.29, 1.82) is 0 Å². The Morgan fingerprint density at radius 1 is 1.06 bits per heavy atom. The monoisotopic (exact) mass is 471 g/mol. The number of thioether (sulfide) groups is 1. The molecule has 6 nitrogen and oxygen atoms in total. The average Bonchev–Trinajstić information content (AvgIpc) is 2.78. The summed E-state index contributed by atoms with van der Waals surface area (Å²) in [6, 6.07) is 15.9. The summed E-state index contributed by atoms with van der Waals surface area (Å²) in [6.07, 6.45) is 1.43. The maximum atomic E-state index is 13.7. The molecule has 0 aliphatic rings. The topological polar surface area (TPSA) is 97.5 Å². The first-order valence-corrected chi connectivity index (χ1v) is 10.5. The van der Waals surface area contributed by atoms with E-state index in [0.717, 1.165) is 29.5 Å². The number of halogens is 2. The molecule has 0 atom stereocenters. The summed E-state index contributed by atoms with van der Waals surface area (Å²) in [7, 11) is 0. The van der Waals surface area contributed by atoms with Crippen molar-refractivity contribution in [3.05, 3.63) is 115 Å². The zero-order valence-corrected chi connectivity index (χ0v) is 17.9. The van der Waals surface area contributed by atoms with Crippen molar-refractivity contribution in [1.82, 2.24) is 0 Å². The number of carboxylic acids is 1. The zero-order chi connectivity index (χ0) is 23.3. The number of allylic oxidation sites excluding steroid dienone is 1. The molecule has 0 spiro atoms. The van der Waals surface area contributed by atoms with Crippen LogP contribution in [0, 0.1) is 15.9 Å². The number of carboxylic acid groups (broad SMARTS) is 1. The van der Waals surface area contributed by atoms with Crippen LogP contribution >= 0.6 is 23.4 Å². The number of carbonyl (C=O) groups is 2. The second-order valence-corrected chi connectivity index (χ2v) is 7.99. The van der Waals surface area contributed by atoms with Crippen LogP contribution in [0.2, 0.25) is 5.02 Å². The van der Waals surface area contributed by atoms with Gasteiger partial charge >= 0.3 is 11.7 Å². The minimum absolute atomic E-state index is 0.0324. The van der Waals surface area contributed by atoms with Crippen LogP contribution in [0.4, 0.5) is 10.1 Å². The lowest BCUT2D eigenvalue weighted by molar-refractivity contribution is -0.387. The smallest absolute Gasteiger partial charge is 0.335 e. The molecule has 0 aromatic heterocycles. The first-order valence-electron chi connectivity index (χ1n) is 9.16. The first-order chi connectivity index (χ1) is 15.3. The van der Waals surface area contributed by atoms with Crippen LogP contribution in [0.1, 0.15) is 31.8 Å². The minimum Gasteiger partial charge on any atom is -0.478 e. The van der Waals surface area contributed by atoms with Gasteiger partial charge in [0, 0.05) is 22.4 Å². The molecule has 0 amide bonds. The number of nitrogens with zero attached hydrogens (tertiary/aromatic N) is 1. The molecule has 0 heterocycles. The van der Waals surface area contributed by atoms with E-state index in [1.165, 1.54) is 36.4 Å². The Morgan fingerprint density at radius 2 is 1.72 bits per heavy atom. The lowest BCUT2D eigenvalue weighted by atomic mass is 10.1. The highest BCUT2D eigenvalue weighted by Gasteiger charge is 2.18. The number of aromatic carboxylic acids is 1. The van der Waals surface area contributed by atoms with Crippen molar-refractivity contribution in [2.75, 3.05) is 0 Å². The summed E-state index contributed by atoms with van der Waals surface area (Å²) in [5.74, 6) is -2.17. The van der Waals surface area contributed by atoms with E-state index in [1.54, 1.807) is 18.2 Å². The summed E-state index contributed by atoms with van der Waals surface area (Å²) >= 11 is 7.36. The van der Waals surface area contributed by atoms with Crippen molar-refractivity contribution in [3.8, 4) is 0 Å². The van der Waals surface area contributed by atoms with E-state index in [9.17, 15) is 24.1 Å². The van der Waals surface area contributed by atoms with E-state index in [4.69, 9.17) is 16.7 Å². The van der Waals surface area contributed by atoms with Gasteiger partial charge in [-0.15, -0.1) is 11.8 Å². The number of Topliss-reactive ketones (excluding diaryl/α,β-unsaturated/α-hetero) is 1. The highest BCUT2D eigenvalue weighted by molar-refractivity contribution is 8.03. The third-order valence-corrected chi connectivity index (χ3v) is 5.86. The van der Waals surface area contributed by atoms with Gasteiger partial charge in [0.2, 0.25) is 5.82 Å². The molecule has 0 aliphatic heterocycles. The van der Waals surface area contributed by atoms with Crippen LogP contribution < -0.4 is 0 Å². The van der Waals surface area contributed by atoms with Crippen LogP contribution in [0.25, 0.3) is 6.08 Å². The zero-order valence-electron chi connectivity index (χ0n) is 16.3. The summed E-state index contributed by atoms with van der Waals surface area (Å²) in [4.78, 5) is 34.7. The Kier molecular flexibility index (Phi) is 7.40. The maximum absolute atomic E-state index is 13.7. The molecule has 1 N–H and O–H groups in total. The Labute approximate surface area is 191 Å². The molecule has 3 aromatic carbocycles. The largest absolute Gasteiger partial charge is 0.478 e. The van der Waals surface area contributed by atoms with Gasteiger partial charge in [-0.2, -0.15) is 4.39 Å². The van der Waals surface area contributed by atoms with E-state index in [1.807, 2.05) is 6.07 Å². The van der Waals surface area contributed by atoms with E-state index in [2.05, 4.69) is 0 Å². The Hall–Kier alpha value is -3.49. The second kappa shape index (κ2) is 10.2.